The van der Waals surface area contributed by atoms with Gasteiger partial charge in [0.2, 0.25) is 10.0 Å². The molecule has 0 N–H and O–H groups in total. The van der Waals surface area contributed by atoms with Gasteiger partial charge in [-0.2, -0.15) is 4.31 Å². The van der Waals surface area contributed by atoms with E-state index in [1.54, 1.807) is 24.3 Å². The van der Waals surface area contributed by atoms with Crippen LogP contribution >= 0.6 is 0 Å². The fourth-order valence-electron chi connectivity index (χ4n) is 1.89. The van der Waals surface area contributed by atoms with E-state index in [1.807, 2.05) is 12.1 Å². The SMILES string of the molecule is CC(C)C1=CCN(S(=O)(=O)c2ccccc2)C1. The summed E-state index contributed by atoms with van der Waals surface area (Å²) in [4.78, 5) is 0.374. The van der Waals surface area contributed by atoms with Crippen molar-refractivity contribution in [2.75, 3.05) is 13.1 Å². The predicted octanol–water partition coefficient (Wildman–Crippen LogP) is 2.27. The largest absolute Gasteiger partial charge is 0.243 e. The van der Waals surface area contributed by atoms with Crippen molar-refractivity contribution in [2.24, 2.45) is 5.92 Å². The molecule has 0 amide bonds. The van der Waals surface area contributed by atoms with E-state index in [1.165, 1.54) is 9.88 Å². The van der Waals surface area contributed by atoms with Crippen molar-refractivity contribution in [1.29, 1.82) is 0 Å². The van der Waals surface area contributed by atoms with Crippen molar-refractivity contribution < 1.29 is 8.42 Å². The smallest absolute Gasteiger partial charge is 0.207 e. The Hall–Kier alpha value is -1.13. The molecular weight excluding hydrogens is 234 g/mol. The molecule has 0 aliphatic carbocycles. The predicted molar refractivity (Wildman–Crippen MR) is 68.1 cm³/mol. The van der Waals surface area contributed by atoms with E-state index in [0.717, 1.165) is 0 Å². The number of sulfonamides is 1. The van der Waals surface area contributed by atoms with E-state index in [9.17, 15) is 8.42 Å². The molecule has 0 atom stereocenters. The van der Waals surface area contributed by atoms with Crippen molar-refractivity contribution in [2.45, 2.75) is 18.7 Å². The van der Waals surface area contributed by atoms with Crippen molar-refractivity contribution in [3.63, 3.8) is 0 Å². The van der Waals surface area contributed by atoms with Gasteiger partial charge in [0.1, 0.15) is 0 Å². The molecule has 0 saturated heterocycles. The molecule has 4 heteroatoms. The van der Waals surface area contributed by atoms with Crippen LogP contribution in [0.4, 0.5) is 0 Å². The highest BCUT2D eigenvalue weighted by Gasteiger charge is 2.28. The average molecular weight is 251 g/mol. The first-order valence-electron chi connectivity index (χ1n) is 5.76. The van der Waals surface area contributed by atoms with Gasteiger partial charge in [0.05, 0.1) is 4.90 Å². The molecule has 1 aromatic carbocycles. The van der Waals surface area contributed by atoms with E-state index in [2.05, 4.69) is 13.8 Å². The second-order valence-electron chi connectivity index (χ2n) is 4.54. The summed E-state index contributed by atoms with van der Waals surface area (Å²) in [7, 11) is -3.32. The molecule has 0 aromatic heterocycles. The lowest BCUT2D eigenvalue weighted by atomic mass is 10.1. The Morgan fingerprint density at radius 1 is 1.18 bits per heavy atom. The fraction of sp³-hybridized carbons (Fsp3) is 0.385. The maximum Gasteiger partial charge on any atom is 0.243 e. The van der Waals surface area contributed by atoms with Gasteiger partial charge in [-0.05, 0) is 18.1 Å². The van der Waals surface area contributed by atoms with Gasteiger partial charge in [-0.3, -0.25) is 0 Å². The summed E-state index contributed by atoms with van der Waals surface area (Å²) in [6.07, 6.45) is 2.02. The first-order valence-corrected chi connectivity index (χ1v) is 7.20. The summed E-state index contributed by atoms with van der Waals surface area (Å²) >= 11 is 0. The van der Waals surface area contributed by atoms with Gasteiger partial charge in [-0.25, -0.2) is 8.42 Å². The van der Waals surface area contributed by atoms with Gasteiger partial charge >= 0.3 is 0 Å². The van der Waals surface area contributed by atoms with E-state index in [0.29, 0.717) is 23.9 Å². The first kappa shape index (κ1) is 12.3. The molecule has 0 fully saturated rings. The first-order chi connectivity index (χ1) is 8.01. The molecule has 3 nitrogen and oxygen atoms in total. The molecule has 1 heterocycles. The lowest BCUT2D eigenvalue weighted by molar-refractivity contribution is 0.477. The molecule has 0 radical (unpaired) electrons. The Labute approximate surface area is 103 Å². The van der Waals surface area contributed by atoms with Gasteiger partial charge in [0.15, 0.2) is 0 Å². The summed E-state index contributed by atoms with van der Waals surface area (Å²) in [5.74, 6) is 0.408. The zero-order valence-electron chi connectivity index (χ0n) is 10.1. The van der Waals surface area contributed by atoms with Crippen LogP contribution in [0, 0.1) is 5.92 Å². The van der Waals surface area contributed by atoms with Gasteiger partial charge in [-0.1, -0.05) is 43.7 Å². The molecule has 1 aliphatic rings. The molecule has 1 aromatic rings. The van der Waals surface area contributed by atoms with Crippen molar-refractivity contribution in [3.05, 3.63) is 42.0 Å². The highest BCUT2D eigenvalue weighted by atomic mass is 32.2. The van der Waals surface area contributed by atoms with Crippen molar-refractivity contribution in [1.82, 2.24) is 4.31 Å². The minimum Gasteiger partial charge on any atom is -0.207 e. The summed E-state index contributed by atoms with van der Waals surface area (Å²) in [6.45, 7) is 5.19. The van der Waals surface area contributed by atoms with Crippen LogP contribution in [0.5, 0.6) is 0 Å². The molecule has 0 spiro atoms. The quantitative estimate of drug-likeness (QED) is 0.773. The summed E-state index contributed by atoms with van der Waals surface area (Å²) in [6, 6.07) is 8.60. The van der Waals surface area contributed by atoms with E-state index in [4.69, 9.17) is 0 Å². The highest BCUT2D eigenvalue weighted by Crippen LogP contribution is 2.23. The molecule has 1 aliphatic heterocycles. The molecule has 0 unspecified atom stereocenters. The standard InChI is InChI=1S/C13H17NO2S/c1-11(2)12-8-9-14(10-12)17(15,16)13-6-4-3-5-7-13/h3-8,11H,9-10H2,1-2H3. The Balaban J connectivity index is 2.21. The molecular formula is C13H17NO2S. The molecule has 17 heavy (non-hydrogen) atoms. The van der Waals surface area contributed by atoms with Crippen LogP contribution < -0.4 is 0 Å². The molecule has 0 bridgehead atoms. The zero-order chi connectivity index (χ0) is 12.5. The topological polar surface area (TPSA) is 37.4 Å². The maximum absolute atomic E-state index is 12.3. The Morgan fingerprint density at radius 2 is 1.82 bits per heavy atom. The third-order valence-corrected chi connectivity index (χ3v) is 4.86. The van der Waals surface area contributed by atoms with Crippen molar-refractivity contribution in [3.8, 4) is 0 Å². The van der Waals surface area contributed by atoms with Gasteiger partial charge in [0.25, 0.3) is 0 Å². The number of nitrogens with zero attached hydrogens (tertiary/aromatic N) is 1. The van der Waals surface area contributed by atoms with Crippen LogP contribution in [0.1, 0.15) is 13.8 Å². The Morgan fingerprint density at radius 3 is 2.35 bits per heavy atom. The van der Waals surface area contributed by atoms with Gasteiger partial charge in [-0.15, -0.1) is 0 Å². The average Bonchev–Trinajstić information content (AvgIpc) is 2.80. The third-order valence-electron chi connectivity index (χ3n) is 3.04. The van der Waals surface area contributed by atoms with Crippen LogP contribution in [-0.4, -0.2) is 25.8 Å². The van der Waals surface area contributed by atoms with Crippen LogP contribution in [0.3, 0.4) is 0 Å². The normalized spacial score (nSPS) is 17.5. The second-order valence-corrected chi connectivity index (χ2v) is 6.48. The molecule has 92 valence electrons. The summed E-state index contributed by atoms with van der Waals surface area (Å²) in [5.41, 5.74) is 1.20. The number of rotatable bonds is 3. The Bertz CT molecular complexity index is 518. The third kappa shape index (κ3) is 2.42. The van der Waals surface area contributed by atoms with Crippen molar-refractivity contribution >= 4 is 10.0 Å². The van der Waals surface area contributed by atoms with Gasteiger partial charge in [0, 0.05) is 13.1 Å². The Kier molecular flexibility index (Phi) is 3.35. The van der Waals surface area contributed by atoms with E-state index >= 15 is 0 Å². The number of hydrogen-bond donors (Lipinski definition) is 0. The minimum atomic E-state index is -3.32. The lowest BCUT2D eigenvalue weighted by Gasteiger charge is -2.17. The monoisotopic (exact) mass is 251 g/mol. The van der Waals surface area contributed by atoms with Gasteiger partial charge < -0.3 is 0 Å². The van der Waals surface area contributed by atoms with Crippen LogP contribution in [0.2, 0.25) is 0 Å². The summed E-state index contributed by atoms with van der Waals surface area (Å²) in [5, 5.41) is 0. The molecule has 2 rings (SSSR count). The highest BCUT2D eigenvalue weighted by molar-refractivity contribution is 7.89. The fourth-order valence-corrected chi connectivity index (χ4v) is 3.28. The maximum atomic E-state index is 12.3. The zero-order valence-corrected chi connectivity index (χ0v) is 10.9. The van der Waals surface area contributed by atoms with Crippen LogP contribution in [0.15, 0.2) is 46.9 Å². The minimum absolute atomic E-state index is 0.374. The summed E-state index contributed by atoms with van der Waals surface area (Å²) < 4.78 is 26.1. The van der Waals surface area contributed by atoms with E-state index < -0.39 is 10.0 Å². The number of benzene rings is 1. The lowest BCUT2D eigenvalue weighted by Crippen LogP contribution is -2.29. The molecule has 0 saturated carbocycles. The number of hydrogen-bond acceptors (Lipinski definition) is 2. The van der Waals surface area contributed by atoms with E-state index in [-0.39, 0.29) is 0 Å². The second kappa shape index (κ2) is 4.63. The van der Waals surface area contributed by atoms with Crippen LogP contribution in [0.25, 0.3) is 0 Å². The van der Waals surface area contributed by atoms with Crippen LogP contribution in [-0.2, 0) is 10.0 Å².